The molecule has 0 spiro atoms. The lowest BCUT2D eigenvalue weighted by Gasteiger charge is -2.37. The third-order valence-electron chi connectivity index (χ3n) is 4.70. The van der Waals surface area contributed by atoms with Gasteiger partial charge < -0.3 is 10.6 Å². The number of carbonyl (C=O) groups is 3. The van der Waals surface area contributed by atoms with Crippen molar-refractivity contribution in [1.29, 1.82) is 0 Å². The first-order chi connectivity index (χ1) is 12.9. The summed E-state index contributed by atoms with van der Waals surface area (Å²) in [5.74, 6) is -0.318. The van der Waals surface area contributed by atoms with E-state index in [9.17, 15) is 14.4 Å². The second-order valence-electron chi connectivity index (χ2n) is 7.14. The Balaban J connectivity index is 2.06. The van der Waals surface area contributed by atoms with Crippen LogP contribution in [0.5, 0.6) is 0 Å². The zero-order valence-electron chi connectivity index (χ0n) is 16.3. The number of amides is 4. The summed E-state index contributed by atoms with van der Waals surface area (Å²) < 4.78 is 0. The Morgan fingerprint density at radius 2 is 1.70 bits per heavy atom. The van der Waals surface area contributed by atoms with Crippen LogP contribution >= 0.6 is 0 Å². The molecule has 0 saturated carbocycles. The average Bonchev–Trinajstić information content (AvgIpc) is 2.64. The Morgan fingerprint density at radius 3 is 2.26 bits per heavy atom. The first-order valence-corrected chi connectivity index (χ1v) is 9.60. The fourth-order valence-corrected chi connectivity index (χ4v) is 3.22. The number of nitrogens with one attached hydrogen (secondary N) is 3. The van der Waals surface area contributed by atoms with E-state index in [2.05, 4.69) is 20.9 Å². The van der Waals surface area contributed by atoms with Gasteiger partial charge in [-0.15, -0.1) is 0 Å². The number of nitrogens with zero attached hydrogens (tertiary/aromatic N) is 1. The standard InChI is InChI=1S/C20H30N4O3/c1-4-21-20(27)23-19(26)17(15-8-6-5-7-9-15)24-12-10-16(11-13-24)22-18(25)14(2)3/h5-9,14,16-17H,4,10-13H2,1-3H3,(H,22,25)(H2,21,23,26,27). The maximum Gasteiger partial charge on any atom is 0.321 e. The fourth-order valence-electron chi connectivity index (χ4n) is 3.22. The Bertz CT molecular complexity index is 640. The molecule has 27 heavy (non-hydrogen) atoms. The summed E-state index contributed by atoms with van der Waals surface area (Å²) in [6.07, 6.45) is 1.55. The number of hydrogen-bond donors (Lipinski definition) is 3. The highest BCUT2D eigenvalue weighted by molar-refractivity contribution is 5.97. The van der Waals surface area contributed by atoms with Crippen molar-refractivity contribution in [2.24, 2.45) is 5.92 Å². The van der Waals surface area contributed by atoms with Crippen LogP contribution in [0.4, 0.5) is 4.79 Å². The second kappa shape index (κ2) is 10.1. The second-order valence-corrected chi connectivity index (χ2v) is 7.14. The summed E-state index contributed by atoms with van der Waals surface area (Å²) in [4.78, 5) is 38.6. The molecule has 1 unspecified atom stereocenters. The SMILES string of the molecule is CCNC(=O)NC(=O)C(c1ccccc1)N1CCC(NC(=O)C(C)C)CC1. The molecule has 7 nitrogen and oxygen atoms in total. The van der Waals surface area contributed by atoms with E-state index in [1.165, 1.54) is 0 Å². The molecule has 0 aliphatic carbocycles. The highest BCUT2D eigenvalue weighted by atomic mass is 16.2. The maximum atomic E-state index is 12.8. The third-order valence-corrected chi connectivity index (χ3v) is 4.70. The Labute approximate surface area is 160 Å². The zero-order chi connectivity index (χ0) is 19.8. The lowest BCUT2D eigenvalue weighted by Crippen LogP contribution is -2.51. The molecule has 1 atom stereocenters. The molecule has 1 aromatic rings. The predicted molar refractivity (Wildman–Crippen MR) is 104 cm³/mol. The number of piperidine rings is 1. The normalized spacial score (nSPS) is 16.6. The van der Waals surface area contributed by atoms with E-state index < -0.39 is 12.1 Å². The minimum Gasteiger partial charge on any atom is -0.353 e. The van der Waals surface area contributed by atoms with E-state index in [-0.39, 0.29) is 23.8 Å². The molecule has 1 aliphatic heterocycles. The summed E-state index contributed by atoms with van der Waals surface area (Å²) in [6.45, 7) is 7.35. The van der Waals surface area contributed by atoms with Crippen LogP contribution in [0.2, 0.25) is 0 Å². The van der Waals surface area contributed by atoms with E-state index >= 15 is 0 Å². The molecule has 0 aromatic heterocycles. The van der Waals surface area contributed by atoms with Gasteiger partial charge in [0.2, 0.25) is 11.8 Å². The van der Waals surface area contributed by atoms with Crippen LogP contribution < -0.4 is 16.0 Å². The third kappa shape index (κ3) is 6.06. The number of rotatable bonds is 6. The molecular weight excluding hydrogens is 344 g/mol. The summed E-state index contributed by atoms with van der Waals surface area (Å²) >= 11 is 0. The van der Waals surface area contributed by atoms with Gasteiger partial charge >= 0.3 is 6.03 Å². The van der Waals surface area contributed by atoms with Gasteiger partial charge in [0, 0.05) is 31.6 Å². The van der Waals surface area contributed by atoms with Crippen molar-refractivity contribution in [3.8, 4) is 0 Å². The van der Waals surface area contributed by atoms with E-state index in [0.29, 0.717) is 19.6 Å². The minimum atomic E-state index is -0.532. The summed E-state index contributed by atoms with van der Waals surface area (Å²) in [7, 11) is 0. The van der Waals surface area contributed by atoms with Crippen LogP contribution in [0.3, 0.4) is 0 Å². The van der Waals surface area contributed by atoms with E-state index in [4.69, 9.17) is 0 Å². The van der Waals surface area contributed by atoms with E-state index in [1.54, 1.807) is 6.92 Å². The Hall–Kier alpha value is -2.41. The first-order valence-electron chi connectivity index (χ1n) is 9.60. The lowest BCUT2D eigenvalue weighted by atomic mass is 9.98. The van der Waals surface area contributed by atoms with Crippen LogP contribution in [0.15, 0.2) is 30.3 Å². The Kier molecular flexibility index (Phi) is 7.79. The molecule has 1 heterocycles. The Morgan fingerprint density at radius 1 is 1.07 bits per heavy atom. The van der Waals surface area contributed by atoms with Gasteiger partial charge in [-0.05, 0) is 25.3 Å². The van der Waals surface area contributed by atoms with E-state index in [1.807, 2.05) is 44.2 Å². The molecule has 148 valence electrons. The first kappa shape index (κ1) is 20.9. The quantitative estimate of drug-likeness (QED) is 0.708. The number of carbonyl (C=O) groups excluding carboxylic acids is 3. The van der Waals surface area contributed by atoms with Crippen LogP contribution in [-0.4, -0.2) is 48.4 Å². The van der Waals surface area contributed by atoms with Crippen molar-refractivity contribution in [3.63, 3.8) is 0 Å². The van der Waals surface area contributed by atoms with Crippen molar-refractivity contribution in [1.82, 2.24) is 20.9 Å². The monoisotopic (exact) mass is 374 g/mol. The number of imide groups is 1. The number of urea groups is 1. The smallest absolute Gasteiger partial charge is 0.321 e. The van der Waals surface area contributed by atoms with Gasteiger partial charge in [-0.1, -0.05) is 44.2 Å². The zero-order valence-corrected chi connectivity index (χ0v) is 16.3. The molecule has 1 saturated heterocycles. The van der Waals surface area contributed by atoms with E-state index in [0.717, 1.165) is 18.4 Å². The largest absolute Gasteiger partial charge is 0.353 e. The van der Waals surface area contributed by atoms with Gasteiger partial charge in [-0.2, -0.15) is 0 Å². The van der Waals surface area contributed by atoms with Crippen LogP contribution in [0.25, 0.3) is 0 Å². The predicted octanol–water partition coefficient (Wildman–Crippen LogP) is 1.81. The molecule has 2 rings (SSSR count). The number of hydrogen-bond acceptors (Lipinski definition) is 4. The molecule has 1 aromatic carbocycles. The fraction of sp³-hybridized carbons (Fsp3) is 0.550. The summed E-state index contributed by atoms with van der Waals surface area (Å²) in [5.41, 5.74) is 0.851. The van der Waals surface area contributed by atoms with Crippen LogP contribution in [0.1, 0.15) is 45.2 Å². The maximum absolute atomic E-state index is 12.8. The molecule has 1 aliphatic rings. The van der Waals surface area contributed by atoms with Crippen LogP contribution in [0, 0.1) is 5.92 Å². The van der Waals surface area contributed by atoms with Gasteiger partial charge in [0.15, 0.2) is 0 Å². The number of likely N-dealkylation sites (tertiary alicyclic amines) is 1. The highest BCUT2D eigenvalue weighted by Crippen LogP contribution is 2.25. The van der Waals surface area contributed by atoms with Crippen molar-refractivity contribution in [3.05, 3.63) is 35.9 Å². The van der Waals surface area contributed by atoms with Gasteiger partial charge in [-0.25, -0.2) is 4.79 Å². The van der Waals surface area contributed by atoms with Crippen molar-refractivity contribution >= 4 is 17.8 Å². The molecule has 3 N–H and O–H groups in total. The summed E-state index contributed by atoms with van der Waals surface area (Å²) in [5, 5.41) is 8.09. The highest BCUT2D eigenvalue weighted by Gasteiger charge is 2.32. The van der Waals surface area contributed by atoms with Gasteiger partial charge in [0.25, 0.3) is 0 Å². The molecule has 0 radical (unpaired) electrons. The van der Waals surface area contributed by atoms with Crippen molar-refractivity contribution in [2.75, 3.05) is 19.6 Å². The van der Waals surface area contributed by atoms with Crippen molar-refractivity contribution < 1.29 is 14.4 Å². The van der Waals surface area contributed by atoms with Crippen LogP contribution in [-0.2, 0) is 9.59 Å². The average molecular weight is 374 g/mol. The molecule has 0 bridgehead atoms. The molecule has 1 fully saturated rings. The van der Waals surface area contributed by atoms with Gasteiger partial charge in [0.1, 0.15) is 6.04 Å². The minimum absolute atomic E-state index is 0.0389. The topological polar surface area (TPSA) is 90.5 Å². The number of benzene rings is 1. The van der Waals surface area contributed by atoms with Crippen molar-refractivity contribution in [2.45, 2.75) is 45.7 Å². The van der Waals surface area contributed by atoms with Gasteiger partial charge in [-0.3, -0.25) is 19.8 Å². The molecular formula is C20H30N4O3. The molecule has 4 amide bonds. The molecule has 7 heteroatoms. The van der Waals surface area contributed by atoms with Gasteiger partial charge in [0.05, 0.1) is 0 Å². The lowest BCUT2D eigenvalue weighted by molar-refractivity contribution is -0.128. The summed E-state index contributed by atoms with van der Waals surface area (Å²) in [6, 6.07) is 8.57.